The molecule has 4 rings (SSSR count). The van der Waals surface area contributed by atoms with Gasteiger partial charge >= 0.3 is 0 Å². The summed E-state index contributed by atoms with van der Waals surface area (Å²) >= 11 is 0. The van der Waals surface area contributed by atoms with Crippen LogP contribution in [0.15, 0.2) is 53.1 Å². The summed E-state index contributed by atoms with van der Waals surface area (Å²) < 4.78 is 30.2. The first-order chi connectivity index (χ1) is 16.5. The van der Waals surface area contributed by atoms with Crippen molar-refractivity contribution in [2.24, 2.45) is 0 Å². The Hall–Kier alpha value is -3.39. The summed E-state index contributed by atoms with van der Waals surface area (Å²) in [5.74, 6) is 0.819. The van der Waals surface area contributed by atoms with Gasteiger partial charge in [-0.25, -0.2) is 4.39 Å². The molecule has 8 heteroatoms. The number of ether oxygens (including phenoxy) is 2. The van der Waals surface area contributed by atoms with Gasteiger partial charge < -0.3 is 23.8 Å². The highest BCUT2D eigenvalue weighted by molar-refractivity contribution is 5.95. The number of halogens is 1. The number of carbonyl (C=O) groups excluding carboxylic acids is 1. The number of amides is 1. The molecule has 1 aromatic heterocycles. The molecule has 0 spiro atoms. The fourth-order valence-electron chi connectivity index (χ4n) is 4.03. The summed E-state index contributed by atoms with van der Waals surface area (Å²) in [6, 6.07) is 13.3. The number of rotatable bonds is 8. The molecule has 180 valence electrons. The first-order valence-corrected chi connectivity index (χ1v) is 11.5. The van der Waals surface area contributed by atoms with Crippen LogP contribution in [0.4, 0.5) is 10.3 Å². The lowest BCUT2D eigenvalue weighted by atomic mass is 10.0. The molecule has 1 aliphatic heterocycles. The quantitative estimate of drug-likeness (QED) is 0.476. The Bertz CT molecular complexity index is 1110. The molecule has 2 aromatic carbocycles. The van der Waals surface area contributed by atoms with Crippen molar-refractivity contribution in [1.82, 2.24) is 10.1 Å². The predicted molar refractivity (Wildman–Crippen MR) is 128 cm³/mol. The normalized spacial score (nSPS) is 14.6. The Morgan fingerprint density at radius 2 is 1.94 bits per heavy atom. The topological polar surface area (TPSA) is 68.0 Å². The van der Waals surface area contributed by atoms with Gasteiger partial charge in [-0.15, -0.1) is 0 Å². The number of benzene rings is 2. The SMILES string of the molecule is CC[C@@H](C)N(Cc1c(-c2ccc(F)cc2)noc1N1CCOCC1)C(=O)c1cccc(OC)c1. The maximum atomic E-state index is 13.7. The molecule has 1 atom stereocenters. The second kappa shape index (κ2) is 10.7. The van der Waals surface area contributed by atoms with E-state index < -0.39 is 0 Å². The highest BCUT2D eigenvalue weighted by Gasteiger charge is 2.29. The van der Waals surface area contributed by atoms with Crippen LogP contribution in [0.2, 0.25) is 0 Å². The summed E-state index contributed by atoms with van der Waals surface area (Å²) in [6.07, 6.45) is 0.778. The van der Waals surface area contributed by atoms with E-state index in [1.807, 2.05) is 30.9 Å². The molecular weight excluding hydrogens is 437 g/mol. The molecule has 0 bridgehead atoms. The molecule has 0 radical (unpaired) electrons. The van der Waals surface area contributed by atoms with Crippen molar-refractivity contribution in [3.8, 4) is 17.0 Å². The predicted octanol–water partition coefficient (Wildman–Crippen LogP) is 4.77. The zero-order chi connectivity index (χ0) is 24.1. The third kappa shape index (κ3) is 5.07. The minimum atomic E-state index is -0.323. The van der Waals surface area contributed by atoms with E-state index in [1.165, 1.54) is 12.1 Å². The molecule has 0 unspecified atom stereocenters. The molecule has 0 aliphatic carbocycles. The van der Waals surface area contributed by atoms with Gasteiger partial charge in [-0.1, -0.05) is 18.1 Å². The van der Waals surface area contributed by atoms with Gasteiger partial charge in [0.05, 0.1) is 32.4 Å². The maximum absolute atomic E-state index is 13.7. The third-order valence-corrected chi connectivity index (χ3v) is 6.21. The largest absolute Gasteiger partial charge is 0.497 e. The maximum Gasteiger partial charge on any atom is 0.254 e. The lowest BCUT2D eigenvalue weighted by molar-refractivity contribution is 0.0671. The summed E-state index contributed by atoms with van der Waals surface area (Å²) in [4.78, 5) is 17.6. The van der Waals surface area contributed by atoms with E-state index in [-0.39, 0.29) is 17.8 Å². The summed E-state index contributed by atoms with van der Waals surface area (Å²) in [7, 11) is 1.58. The van der Waals surface area contributed by atoms with E-state index in [4.69, 9.17) is 14.0 Å². The van der Waals surface area contributed by atoms with Crippen LogP contribution in [0.1, 0.15) is 36.2 Å². The van der Waals surface area contributed by atoms with E-state index in [0.717, 1.165) is 17.5 Å². The lowest BCUT2D eigenvalue weighted by Gasteiger charge is -2.31. The van der Waals surface area contributed by atoms with Crippen LogP contribution >= 0.6 is 0 Å². The molecule has 0 saturated carbocycles. The van der Waals surface area contributed by atoms with Crippen LogP contribution in [0.25, 0.3) is 11.3 Å². The zero-order valence-electron chi connectivity index (χ0n) is 19.8. The standard InChI is InChI=1S/C26H30FN3O4/c1-4-18(2)30(25(31)20-6-5-7-22(16-20)32-3)17-23-24(19-8-10-21(27)11-9-19)28-34-26(23)29-12-14-33-15-13-29/h5-11,16,18H,4,12-15,17H2,1-3H3/t18-/m1/s1. The summed E-state index contributed by atoms with van der Waals surface area (Å²) in [5, 5.41) is 4.35. The van der Waals surface area contributed by atoms with Crippen molar-refractivity contribution in [1.29, 1.82) is 0 Å². The number of carbonyl (C=O) groups is 1. The Morgan fingerprint density at radius 3 is 2.62 bits per heavy atom. The average Bonchev–Trinajstić information content (AvgIpc) is 3.31. The first kappa shape index (κ1) is 23.8. The second-order valence-corrected chi connectivity index (χ2v) is 8.34. The van der Waals surface area contributed by atoms with Crippen molar-refractivity contribution in [3.05, 3.63) is 65.5 Å². The fraction of sp³-hybridized carbons (Fsp3) is 0.385. The lowest BCUT2D eigenvalue weighted by Crippen LogP contribution is -2.39. The van der Waals surface area contributed by atoms with Crippen molar-refractivity contribution in [2.45, 2.75) is 32.9 Å². The molecule has 1 fully saturated rings. The molecule has 1 aliphatic rings. The van der Waals surface area contributed by atoms with Crippen molar-refractivity contribution < 1.29 is 23.2 Å². The van der Waals surface area contributed by atoms with Gasteiger partial charge in [-0.05, 0) is 55.8 Å². The number of hydrogen-bond acceptors (Lipinski definition) is 6. The van der Waals surface area contributed by atoms with Crippen LogP contribution in [0, 0.1) is 5.82 Å². The molecule has 0 N–H and O–H groups in total. The Balaban J connectivity index is 1.75. The van der Waals surface area contributed by atoms with Crippen molar-refractivity contribution >= 4 is 11.8 Å². The highest BCUT2D eigenvalue weighted by Crippen LogP contribution is 2.34. The minimum absolute atomic E-state index is 0.0350. The average molecular weight is 468 g/mol. The van der Waals surface area contributed by atoms with Gasteiger partial charge in [0.1, 0.15) is 17.3 Å². The van der Waals surface area contributed by atoms with Crippen LogP contribution < -0.4 is 9.64 Å². The van der Waals surface area contributed by atoms with E-state index >= 15 is 0 Å². The van der Waals surface area contributed by atoms with Crippen molar-refractivity contribution in [3.63, 3.8) is 0 Å². The number of aromatic nitrogens is 1. The number of morpholine rings is 1. The van der Waals surface area contributed by atoms with Gasteiger partial charge in [-0.2, -0.15) is 0 Å². The van der Waals surface area contributed by atoms with Gasteiger partial charge in [0.15, 0.2) is 0 Å². The first-order valence-electron chi connectivity index (χ1n) is 11.5. The Morgan fingerprint density at radius 1 is 1.21 bits per heavy atom. The smallest absolute Gasteiger partial charge is 0.254 e. The van der Waals surface area contributed by atoms with Crippen molar-refractivity contribution in [2.75, 3.05) is 38.3 Å². The highest BCUT2D eigenvalue weighted by atomic mass is 19.1. The molecule has 7 nitrogen and oxygen atoms in total. The number of nitrogens with zero attached hydrogens (tertiary/aromatic N) is 3. The third-order valence-electron chi connectivity index (χ3n) is 6.21. The Labute approximate surface area is 199 Å². The summed E-state index contributed by atoms with van der Waals surface area (Å²) in [6.45, 7) is 6.88. The molecule has 3 aromatic rings. The van der Waals surface area contributed by atoms with Crippen LogP contribution in [0.3, 0.4) is 0 Å². The van der Waals surface area contributed by atoms with E-state index in [1.54, 1.807) is 31.4 Å². The Kier molecular flexibility index (Phi) is 7.47. The molecule has 34 heavy (non-hydrogen) atoms. The van der Waals surface area contributed by atoms with E-state index in [9.17, 15) is 9.18 Å². The molecule has 2 heterocycles. The van der Waals surface area contributed by atoms with Gasteiger partial charge in [0.25, 0.3) is 5.91 Å². The second-order valence-electron chi connectivity index (χ2n) is 8.34. The van der Waals surface area contributed by atoms with Gasteiger partial charge in [-0.3, -0.25) is 4.79 Å². The van der Waals surface area contributed by atoms with Gasteiger partial charge in [0, 0.05) is 30.3 Å². The number of methoxy groups -OCH3 is 1. The number of anilines is 1. The molecular formula is C26H30FN3O4. The zero-order valence-corrected chi connectivity index (χ0v) is 19.8. The monoisotopic (exact) mass is 467 g/mol. The number of hydrogen-bond donors (Lipinski definition) is 0. The van der Waals surface area contributed by atoms with Crippen LogP contribution in [0.5, 0.6) is 5.75 Å². The molecule has 1 saturated heterocycles. The van der Waals surface area contributed by atoms with Crippen LogP contribution in [-0.2, 0) is 11.3 Å². The minimum Gasteiger partial charge on any atom is -0.497 e. The molecule has 1 amide bonds. The van der Waals surface area contributed by atoms with E-state index in [0.29, 0.717) is 55.7 Å². The van der Waals surface area contributed by atoms with Gasteiger partial charge in [0.2, 0.25) is 5.88 Å². The van der Waals surface area contributed by atoms with E-state index in [2.05, 4.69) is 10.1 Å². The summed E-state index contributed by atoms with van der Waals surface area (Å²) in [5.41, 5.74) is 2.68. The van der Waals surface area contributed by atoms with Crippen LogP contribution in [-0.4, -0.2) is 55.4 Å². The fourth-order valence-corrected chi connectivity index (χ4v) is 4.03.